The Balaban J connectivity index is 1.75. The van der Waals surface area contributed by atoms with E-state index in [1.807, 2.05) is 37.3 Å². The Morgan fingerprint density at radius 2 is 1.69 bits per heavy atom. The molecule has 0 unspecified atom stereocenters. The molecule has 2 aromatic carbocycles. The number of benzene rings is 2. The van der Waals surface area contributed by atoms with E-state index < -0.39 is 15.9 Å². The van der Waals surface area contributed by atoms with Crippen LogP contribution >= 0.6 is 0 Å². The van der Waals surface area contributed by atoms with E-state index in [2.05, 4.69) is 0 Å². The van der Waals surface area contributed by atoms with Crippen molar-refractivity contribution in [1.29, 1.82) is 0 Å². The molecule has 8 nitrogen and oxygen atoms in total. The molecule has 1 amide bonds. The number of carbonyl (C=O) groups excluding carboxylic acids is 1. The van der Waals surface area contributed by atoms with E-state index in [0.29, 0.717) is 31.5 Å². The van der Waals surface area contributed by atoms with Crippen LogP contribution in [0.5, 0.6) is 0 Å². The zero-order chi connectivity index (χ0) is 23.2. The number of nitrogens with zero attached hydrogens (tertiary/aromatic N) is 3. The summed E-state index contributed by atoms with van der Waals surface area (Å²) in [5.74, 6) is -0.394. The lowest BCUT2D eigenvalue weighted by molar-refractivity contribution is 0.0999. The van der Waals surface area contributed by atoms with Crippen LogP contribution in [0.3, 0.4) is 0 Å². The summed E-state index contributed by atoms with van der Waals surface area (Å²) >= 11 is 0. The van der Waals surface area contributed by atoms with E-state index in [-0.39, 0.29) is 17.5 Å². The van der Waals surface area contributed by atoms with Gasteiger partial charge in [-0.05, 0) is 61.6 Å². The fourth-order valence-corrected chi connectivity index (χ4v) is 5.66. The summed E-state index contributed by atoms with van der Waals surface area (Å²) < 4.78 is 29.3. The molecule has 1 aliphatic rings. The van der Waals surface area contributed by atoms with Crippen LogP contribution in [-0.4, -0.2) is 46.6 Å². The monoisotopic (exact) mass is 456 g/mol. The molecule has 0 aliphatic carbocycles. The van der Waals surface area contributed by atoms with E-state index in [1.165, 1.54) is 4.31 Å². The molecule has 1 fully saturated rings. The molecule has 2 heterocycles. The van der Waals surface area contributed by atoms with Gasteiger partial charge in [-0.3, -0.25) is 13.9 Å². The predicted octanol–water partition coefficient (Wildman–Crippen LogP) is 2.40. The molecule has 1 saturated heterocycles. The number of imidazole rings is 1. The first kappa shape index (κ1) is 22.3. The minimum absolute atomic E-state index is 0.0797. The quantitative estimate of drug-likeness (QED) is 0.636. The molecule has 9 heteroatoms. The van der Waals surface area contributed by atoms with Crippen molar-refractivity contribution in [1.82, 2.24) is 13.4 Å². The number of aryl methyl sites for hydroxylation is 2. The maximum atomic E-state index is 13.1. The number of nitrogens with two attached hydrogens (primary N) is 1. The highest BCUT2D eigenvalue weighted by molar-refractivity contribution is 7.89. The van der Waals surface area contributed by atoms with Gasteiger partial charge in [-0.2, -0.15) is 0 Å². The molecule has 0 spiro atoms. The van der Waals surface area contributed by atoms with Crippen LogP contribution in [0.1, 0.15) is 41.7 Å². The largest absolute Gasteiger partial charge is 0.366 e. The topological polar surface area (TPSA) is 107 Å². The third-order valence-electron chi connectivity index (χ3n) is 6.47. The third kappa shape index (κ3) is 3.75. The number of rotatable bonds is 5. The molecule has 0 atom stereocenters. The Bertz CT molecular complexity index is 1360. The molecular formula is C23H28N4O4S. The number of hydrogen-bond donors (Lipinski definition) is 1. The number of primary amides is 1. The van der Waals surface area contributed by atoms with Gasteiger partial charge in [-0.1, -0.05) is 18.2 Å². The second kappa shape index (κ2) is 8.22. The predicted molar refractivity (Wildman–Crippen MR) is 125 cm³/mol. The summed E-state index contributed by atoms with van der Waals surface area (Å²) in [5.41, 5.74) is 10.0. The first-order valence-corrected chi connectivity index (χ1v) is 12.3. The maximum Gasteiger partial charge on any atom is 0.329 e. The number of hydrogen-bond acceptors (Lipinski definition) is 4. The van der Waals surface area contributed by atoms with Crippen molar-refractivity contribution in [2.24, 2.45) is 12.8 Å². The zero-order valence-corrected chi connectivity index (χ0v) is 19.4. The smallest absolute Gasteiger partial charge is 0.329 e. The van der Waals surface area contributed by atoms with Crippen LogP contribution in [0.2, 0.25) is 0 Å². The minimum Gasteiger partial charge on any atom is -0.366 e. The summed E-state index contributed by atoms with van der Waals surface area (Å²) in [6.45, 7) is 4.30. The normalized spacial score (nSPS) is 16.0. The van der Waals surface area contributed by atoms with Crippen LogP contribution in [0, 0.1) is 6.92 Å². The van der Waals surface area contributed by atoms with Crippen LogP contribution in [0.25, 0.3) is 22.2 Å². The number of piperidine rings is 1. The van der Waals surface area contributed by atoms with Crippen LogP contribution in [0.4, 0.5) is 0 Å². The van der Waals surface area contributed by atoms with E-state index in [9.17, 15) is 18.0 Å². The van der Waals surface area contributed by atoms with Crippen molar-refractivity contribution in [2.75, 3.05) is 18.8 Å². The van der Waals surface area contributed by atoms with Crippen molar-refractivity contribution >= 4 is 27.0 Å². The summed E-state index contributed by atoms with van der Waals surface area (Å²) in [4.78, 5) is 24.9. The van der Waals surface area contributed by atoms with Crippen LogP contribution < -0.4 is 11.4 Å². The van der Waals surface area contributed by atoms with Gasteiger partial charge in [0.25, 0.3) is 0 Å². The van der Waals surface area contributed by atoms with E-state index in [4.69, 9.17) is 5.73 Å². The SMILES string of the molecule is CCS(=O)(=O)N1CCC(n2c(=O)n(C)c3ccc(-c4ccc(C)c(C(N)=O)c4)cc32)CC1. The molecule has 1 aromatic heterocycles. The fourth-order valence-electron chi connectivity index (χ4n) is 4.53. The van der Waals surface area contributed by atoms with Crippen LogP contribution in [0.15, 0.2) is 41.2 Å². The third-order valence-corrected chi connectivity index (χ3v) is 8.35. The number of sulfonamides is 1. The Labute approximate surface area is 187 Å². The molecule has 0 bridgehead atoms. The molecule has 1 aliphatic heterocycles. The van der Waals surface area contributed by atoms with E-state index >= 15 is 0 Å². The van der Waals surface area contributed by atoms with Crippen molar-refractivity contribution in [2.45, 2.75) is 32.7 Å². The molecule has 3 aromatic rings. The van der Waals surface area contributed by atoms with Gasteiger partial charge in [-0.15, -0.1) is 0 Å². The van der Waals surface area contributed by atoms with Gasteiger partial charge in [0.1, 0.15) is 0 Å². The lowest BCUT2D eigenvalue weighted by Gasteiger charge is -2.31. The number of aromatic nitrogens is 2. The molecule has 32 heavy (non-hydrogen) atoms. The lowest BCUT2D eigenvalue weighted by Crippen LogP contribution is -2.41. The van der Waals surface area contributed by atoms with Crippen molar-refractivity contribution in [3.05, 3.63) is 58.0 Å². The maximum absolute atomic E-state index is 13.1. The van der Waals surface area contributed by atoms with Crippen molar-refractivity contribution in [3.8, 4) is 11.1 Å². The molecule has 0 saturated carbocycles. The zero-order valence-electron chi connectivity index (χ0n) is 18.5. The molecular weight excluding hydrogens is 428 g/mol. The van der Waals surface area contributed by atoms with E-state index in [1.54, 1.807) is 29.2 Å². The summed E-state index contributed by atoms with van der Waals surface area (Å²) in [6, 6.07) is 11.3. The molecule has 2 N–H and O–H groups in total. The molecule has 0 radical (unpaired) electrons. The Hall–Kier alpha value is -2.91. The fraction of sp³-hybridized carbons (Fsp3) is 0.391. The van der Waals surface area contributed by atoms with Gasteiger partial charge in [0.2, 0.25) is 15.9 Å². The van der Waals surface area contributed by atoms with Gasteiger partial charge in [0.15, 0.2) is 0 Å². The van der Waals surface area contributed by atoms with E-state index in [0.717, 1.165) is 27.7 Å². The van der Waals surface area contributed by atoms with Crippen LogP contribution in [-0.2, 0) is 17.1 Å². The number of amides is 1. The minimum atomic E-state index is -3.23. The second-order valence-corrected chi connectivity index (χ2v) is 10.6. The summed E-state index contributed by atoms with van der Waals surface area (Å²) in [5, 5.41) is 0. The first-order chi connectivity index (χ1) is 15.1. The molecule has 170 valence electrons. The van der Waals surface area contributed by atoms with Gasteiger partial charge in [0.05, 0.1) is 16.8 Å². The lowest BCUT2D eigenvalue weighted by atomic mass is 9.99. The highest BCUT2D eigenvalue weighted by Crippen LogP contribution is 2.30. The van der Waals surface area contributed by atoms with Crippen molar-refractivity contribution in [3.63, 3.8) is 0 Å². The number of carbonyl (C=O) groups is 1. The van der Waals surface area contributed by atoms with Gasteiger partial charge >= 0.3 is 5.69 Å². The average molecular weight is 457 g/mol. The first-order valence-electron chi connectivity index (χ1n) is 10.7. The van der Waals surface area contributed by atoms with Gasteiger partial charge in [0, 0.05) is 31.7 Å². The number of fused-ring (bicyclic) bond motifs is 1. The molecule has 4 rings (SSSR count). The summed E-state index contributed by atoms with van der Waals surface area (Å²) in [6.07, 6.45) is 1.16. The van der Waals surface area contributed by atoms with Gasteiger partial charge in [-0.25, -0.2) is 17.5 Å². The summed E-state index contributed by atoms with van der Waals surface area (Å²) in [7, 11) is -1.48. The second-order valence-electron chi connectivity index (χ2n) is 8.34. The Morgan fingerprint density at radius 3 is 2.31 bits per heavy atom. The average Bonchev–Trinajstić information content (AvgIpc) is 3.03. The Kier molecular flexibility index (Phi) is 5.72. The van der Waals surface area contributed by atoms with Crippen molar-refractivity contribution < 1.29 is 13.2 Å². The highest BCUT2D eigenvalue weighted by Gasteiger charge is 2.29. The highest BCUT2D eigenvalue weighted by atomic mass is 32.2. The Morgan fingerprint density at radius 1 is 1.06 bits per heavy atom. The standard InChI is InChI=1S/C23H28N4O4S/c1-4-32(30,31)26-11-9-18(10-12-26)27-21-14-17(7-8-20(21)25(3)23(27)29)16-6-5-15(2)19(13-16)22(24)28/h5-8,13-14,18H,4,9-12H2,1-3H3,(H2,24,28). The van der Waals surface area contributed by atoms with Gasteiger partial charge < -0.3 is 5.73 Å².